The standard InChI is InChI=1S/C25H29FN2O3S/c1-5-27-15-24(32(30,31)19-9-8-17(3)18(4)11-19)25(29)20-12-21(26)23(13-22(20)27)28-10-6-7-16(2)14-28/h8-9,11-13,15-16H,5-7,10,14H2,1-4H3. The summed E-state index contributed by atoms with van der Waals surface area (Å²) in [4.78, 5) is 15.1. The van der Waals surface area contributed by atoms with Gasteiger partial charge in [-0.3, -0.25) is 4.79 Å². The molecule has 0 amide bonds. The highest BCUT2D eigenvalue weighted by molar-refractivity contribution is 7.91. The number of nitrogens with zero attached hydrogens (tertiary/aromatic N) is 2. The van der Waals surface area contributed by atoms with Crippen LogP contribution in [-0.2, 0) is 16.4 Å². The van der Waals surface area contributed by atoms with Gasteiger partial charge in [-0.05, 0) is 74.9 Å². The minimum atomic E-state index is -4.05. The summed E-state index contributed by atoms with van der Waals surface area (Å²) in [6, 6.07) is 7.72. The third kappa shape index (κ3) is 3.83. The van der Waals surface area contributed by atoms with Crippen molar-refractivity contribution in [3.05, 3.63) is 63.7 Å². The number of fused-ring (bicyclic) bond motifs is 1. The Labute approximate surface area is 188 Å². The van der Waals surface area contributed by atoms with Crippen molar-refractivity contribution in [2.45, 2.75) is 56.9 Å². The van der Waals surface area contributed by atoms with Gasteiger partial charge in [-0.15, -0.1) is 0 Å². The second-order valence-corrected chi connectivity index (χ2v) is 10.8. The number of anilines is 1. The number of hydrogen-bond donors (Lipinski definition) is 0. The van der Waals surface area contributed by atoms with Crippen LogP contribution < -0.4 is 10.3 Å². The van der Waals surface area contributed by atoms with E-state index in [1.54, 1.807) is 22.8 Å². The van der Waals surface area contributed by atoms with E-state index in [4.69, 9.17) is 0 Å². The molecule has 0 bridgehead atoms. The van der Waals surface area contributed by atoms with E-state index in [1.807, 2.05) is 25.7 Å². The van der Waals surface area contributed by atoms with Gasteiger partial charge in [0.25, 0.3) is 0 Å². The Morgan fingerprint density at radius 1 is 1.12 bits per heavy atom. The lowest BCUT2D eigenvalue weighted by Gasteiger charge is -2.33. The lowest BCUT2D eigenvalue weighted by atomic mass is 9.99. The third-order valence-electron chi connectivity index (χ3n) is 6.53. The van der Waals surface area contributed by atoms with Crippen molar-refractivity contribution >= 4 is 26.4 Å². The van der Waals surface area contributed by atoms with Gasteiger partial charge in [0.15, 0.2) is 0 Å². The van der Waals surface area contributed by atoms with Crippen molar-refractivity contribution in [1.29, 1.82) is 0 Å². The molecule has 2 heterocycles. The number of aryl methyl sites for hydroxylation is 3. The Hall–Kier alpha value is -2.67. The number of aromatic nitrogens is 1. The molecule has 1 saturated heterocycles. The smallest absolute Gasteiger partial charge is 0.211 e. The number of rotatable bonds is 4. The minimum absolute atomic E-state index is 0.0686. The molecule has 1 atom stereocenters. The molecule has 1 aromatic heterocycles. The van der Waals surface area contributed by atoms with Crippen molar-refractivity contribution in [2.75, 3.05) is 18.0 Å². The van der Waals surface area contributed by atoms with Crippen LogP contribution in [-0.4, -0.2) is 26.1 Å². The van der Waals surface area contributed by atoms with Crippen molar-refractivity contribution in [2.24, 2.45) is 5.92 Å². The second-order valence-electron chi connectivity index (χ2n) is 8.87. The second kappa shape index (κ2) is 8.35. The first kappa shape index (κ1) is 22.5. The summed E-state index contributed by atoms with van der Waals surface area (Å²) in [6.07, 6.45) is 3.51. The van der Waals surface area contributed by atoms with Crippen LogP contribution in [0.3, 0.4) is 0 Å². The third-order valence-corrected chi connectivity index (χ3v) is 8.28. The average Bonchev–Trinajstić information content (AvgIpc) is 2.75. The molecule has 3 aromatic rings. The van der Waals surface area contributed by atoms with Crippen LogP contribution in [0.5, 0.6) is 0 Å². The van der Waals surface area contributed by atoms with Gasteiger partial charge in [-0.1, -0.05) is 13.0 Å². The molecule has 170 valence electrons. The Bertz CT molecular complexity index is 1360. The summed E-state index contributed by atoms with van der Waals surface area (Å²) in [5.74, 6) is -0.0234. The maximum absolute atomic E-state index is 15.2. The maximum Gasteiger partial charge on any atom is 0.211 e. The molecule has 0 aliphatic carbocycles. The molecule has 1 fully saturated rings. The molecule has 1 unspecified atom stereocenters. The number of pyridine rings is 1. The van der Waals surface area contributed by atoms with E-state index < -0.39 is 21.1 Å². The van der Waals surface area contributed by atoms with Crippen LogP contribution in [0.1, 0.15) is 37.8 Å². The first-order valence-electron chi connectivity index (χ1n) is 11.1. The number of hydrogen-bond acceptors (Lipinski definition) is 4. The van der Waals surface area contributed by atoms with E-state index in [1.165, 1.54) is 18.3 Å². The number of halogens is 1. The average molecular weight is 457 g/mol. The molecule has 1 aliphatic heterocycles. The Morgan fingerprint density at radius 2 is 1.88 bits per heavy atom. The molecule has 4 rings (SSSR count). The molecule has 5 nitrogen and oxygen atoms in total. The molecule has 0 N–H and O–H groups in total. The predicted octanol–water partition coefficient (Wildman–Crippen LogP) is 4.85. The topological polar surface area (TPSA) is 59.4 Å². The van der Waals surface area contributed by atoms with E-state index in [-0.39, 0.29) is 15.2 Å². The van der Waals surface area contributed by atoms with E-state index in [2.05, 4.69) is 6.92 Å². The summed E-state index contributed by atoms with van der Waals surface area (Å²) in [5.41, 5.74) is 2.14. The molecular weight excluding hydrogens is 427 g/mol. The summed E-state index contributed by atoms with van der Waals surface area (Å²) in [5, 5.41) is 0.0862. The Kier molecular flexibility index (Phi) is 5.88. The first-order valence-corrected chi connectivity index (χ1v) is 12.6. The molecule has 2 aromatic carbocycles. The highest BCUT2D eigenvalue weighted by atomic mass is 32.2. The zero-order valence-corrected chi connectivity index (χ0v) is 19.8. The molecule has 0 radical (unpaired) electrons. The van der Waals surface area contributed by atoms with Crippen LogP contribution in [0.4, 0.5) is 10.1 Å². The quantitative estimate of drug-likeness (QED) is 0.563. The fourth-order valence-electron chi connectivity index (χ4n) is 4.48. The molecule has 0 spiro atoms. The van der Waals surface area contributed by atoms with Crippen LogP contribution in [0.15, 0.2) is 51.1 Å². The number of piperidine rings is 1. The van der Waals surface area contributed by atoms with Gasteiger partial charge < -0.3 is 9.47 Å². The van der Waals surface area contributed by atoms with Crippen LogP contribution >= 0.6 is 0 Å². The SMILES string of the molecule is CCn1cc(S(=O)(=O)c2ccc(C)c(C)c2)c(=O)c2cc(F)c(N3CCCC(C)C3)cc21. The van der Waals surface area contributed by atoms with Gasteiger partial charge in [0, 0.05) is 25.8 Å². The van der Waals surface area contributed by atoms with Gasteiger partial charge >= 0.3 is 0 Å². The molecule has 1 aliphatic rings. The fraction of sp³-hybridized carbons (Fsp3) is 0.400. The summed E-state index contributed by atoms with van der Waals surface area (Å²) < 4.78 is 43.6. The van der Waals surface area contributed by atoms with Crippen LogP contribution in [0, 0.1) is 25.6 Å². The summed E-state index contributed by atoms with van der Waals surface area (Å²) >= 11 is 0. The summed E-state index contributed by atoms with van der Waals surface area (Å²) in [6.45, 7) is 9.74. The highest BCUT2D eigenvalue weighted by Gasteiger charge is 2.26. The lowest BCUT2D eigenvalue weighted by Crippen LogP contribution is -2.35. The van der Waals surface area contributed by atoms with Gasteiger partial charge in [-0.2, -0.15) is 0 Å². The van der Waals surface area contributed by atoms with Crippen molar-refractivity contribution < 1.29 is 12.8 Å². The van der Waals surface area contributed by atoms with Gasteiger partial charge in [0.1, 0.15) is 10.7 Å². The summed E-state index contributed by atoms with van der Waals surface area (Å²) in [7, 11) is -4.05. The molecular formula is C25H29FN2O3S. The van der Waals surface area contributed by atoms with Crippen LogP contribution in [0.2, 0.25) is 0 Å². The normalized spacial score (nSPS) is 17.2. The van der Waals surface area contributed by atoms with Gasteiger partial charge in [0.05, 0.1) is 21.5 Å². The largest absolute Gasteiger partial charge is 0.369 e. The monoisotopic (exact) mass is 456 g/mol. The first-order chi connectivity index (χ1) is 15.1. The van der Waals surface area contributed by atoms with Crippen molar-refractivity contribution in [3.63, 3.8) is 0 Å². The van der Waals surface area contributed by atoms with E-state index in [0.717, 1.165) is 37.1 Å². The number of benzene rings is 2. The lowest BCUT2D eigenvalue weighted by molar-refractivity contribution is 0.442. The maximum atomic E-state index is 15.2. The molecule has 7 heteroatoms. The van der Waals surface area contributed by atoms with E-state index in [0.29, 0.717) is 23.7 Å². The Balaban J connectivity index is 1.91. The zero-order chi connectivity index (χ0) is 23.2. The Morgan fingerprint density at radius 3 is 2.53 bits per heavy atom. The van der Waals surface area contributed by atoms with Crippen molar-refractivity contribution in [1.82, 2.24) is 4.57 Å². The predicted molar refractivity (Wildman–Crippen MR) is 126 cm³/mol. The fourth-order valence-corrected chi connectivity index (χ4v) is 5.94. The number of sulfone groups is 1. The van der Waals surface area contributed by atoms with E-state index in [9.17, 15) is 13.2 Å². The highest BCUT2D eigenvalue weighted by Crippen LogP contribution is 2.30. The van der Waals surface area contributed by atoms with Crippen LogP contribution in [0.25, 0.3) is 10.9 Å². The van der Waals surface area contributed by atoms with Gasteiger partial charge in [0.2, 0.25) is 15.3 Å². The van der Waals surface area contributed by atoms with E-state index >= 15 is 4.39 Å². The van der Waals surface area contributed by atoms with Crippen molar-refractivity contribution in [3.8, 4) is 0 Å². The van der Waals surface area contributed by atoms with Gasteiger partial charge in [-0.25, -0.2) is 12.8 Å². The zero-order valence-electron chi connectivity index (χ0n) is 19.0. The minimum Gasteiger partial charge on any atom is -0.369 e. The molecule has 32 heavy (non-hydrogen) atoms. The molecule has 0 saturated carbocycles.